The van der Waals surface area contributed by atoms with Gasteiger partial charge in [0.25, 0.3) is 0 Å². The van der Waals surface area contributed by atoms with Crippen LogP contribution in [0, 0.1) is 6.92 Å². The van der Waals surface area contributed by atoms with Crippen molar-refractivity contribution in [1.82, 2.24) is 14.5 Å². The molecule has 1 N–H and O–H groups in total. The minimum atomic E-state index is -3.76. The number of nitrogens with zero attached hydrogens (tertiary/aromatic N) is 3. The maximum atomic E-state index is 12.7. The highest BCUT2D eigenvalue weighted by Crippen LogP contribution is 2.20. The first-order chi connectivity index (χ1) is 12.7. The van der Waals surface area contributed by atoms with Crippen LogP contribution in [0.1, 0.15) is 31.7 Å². The summed E-state index contributed by atoms with van der Waals surface area (Å²) < 4.78 is 27.6. The number of piperidine rings is 1. The molecule has 1 fully saturated rings. The van der Waals surface area contributed by atoms with Gasteiger partial charge in [0.1, 0.15) is 6.54 Å². The van der Waals surface area contributed by atoms with E-state index in [0.29, 0.717) is 18.3 Å². The van der Waals surface area contributed by atoms with Crippen molar-refractivity contribution in [1.29, 1.82) is 0 Å². The molecule has 1 heterocycles. The number of hydrogen-bond donors (Lipinski definition) is 1. The third-order valence-electron chi connectivity index (χ3n) is 5.01. The summed E-state index contributed by atoms with van der Waals surface area (Å²) in [6, 6.07) is 7.65. The van der Waals surface area contributed by atoms with Crippen molar-refractivity contribution in [3.05, 3.63) is 29.8 Å². The summed E-state index contributed by atoms with van der Waals surface area (Å²) in [6.45, 7) is 6.28. The molecular weight excluding hydrogens is 364 g/mol. The molecule has 27 heavy (non-hydrogen) atoms. The molecule has 0 spiro atoms. The molecule has 1 saturated heterocycles. The molecule has 1 atom stereocenters. The molecule has 152 valence electrons. The minimum Gasteiger partial charge on any atom is -0.353 e. The van der Waals surface area contributed by atoms with Crippen LogP contribution >= 0.6 is 0 Å². The second kappa shape index (κ2) is 9.52. The fraction of sp³-hybridized carbons (Fsp3) is 0.632. The second-order valence-electron chi connectivity index (χ2n) is 7.36. The van der Waals surface area contributed by atoms with Crippen LogP contribution in [0.3, 0.4) is 0 Å². The second-order valence-corrected chi connectivity index (χ2v) is 9.43. The molecule has 2 rings (SSSR count). The Kier molecular flexibility index (Phi) is 7.64. The van der Waals surface area contributed by atoms with E-state index in [4.69, 9.17) is 0 Å². The topological polar surface area (TPSA) is 73.0 Å². The van der Waals surface area contributed by atoms with Gasteiger partial charge in [0, 0.05) is 33.2 Å². The highest BCUT2D eigenvalue weighted by Gasteiger charge is 2.27. The van der Waals surface area contributed by atoms with Gasteiger partial charge in [-0.1, -0.05) is 24.1 Å². The SMILES string of the molecule is Cc1ccc(N(CC(=O)NCCN2CCCCC2C)S(=O)(=O)N(C)C)cc1. The average molecular weight is 397 g/mol. The van der Waals surface area contributed by atoms with Crippen LogP contribution in [0.15, 0.2) is 24.3 Å². The highest BCUT2D eigenvalue weighted by molar-refractivity contribution is 7.90. The molecule has 0 saturated carbocycles. The Morgan fingerprint density at radius 2 is 1.89 bits per heavy atom. The predicted molar refractivity (Wildman–Crippen MR) is 109 cm³/mol. The Morgan fingerprint density at radius 1 is 1.22 bits per heavy atom. The van der Waals surface area contributed by atoms with Gasteiger partial charge < -0.3 is 5.32 Å². The maximum Gasteiger partial charge on any atom is 0.304 e. The number of carbonyl (C=O) groups excluding carboxylic acids is 1. The van der Waals surface area contributed by atoms with Crippen molar-refractivity contribution in [2.75, 3.05) is 44.6 Å². The largest absolute Gasteiger partial charge is 0.353 e. The van der Waals surface area contributed by atoms with Crippen molar-refractivity contribution >= 4 is 21.8 Å². The molecule has 1 aromatic rings. The minimum absolute atomic E-state index is 0.237. The van der Waals surface area contributed by atoms with E-state index in [9.17, 15) is 13.2 Å². The Hall–Kier alpha value is -1.64. The Labute approximate surface area is 163 Å². The molecule has 1 unspecified atom stereocenters. The predicted octanol–water partition coefficient (Wildman–Crippen LogP) is 1.60. The van der Waals surface area contributed by atoms with Crippen LogP contribution in [0.2, 0.25) is 0 Å². The first kappa shape index (κ1) is 21.7. The molecule has 8 heteroatoms. The smallest absolute Gasteiger partial charge is 0.304 e. The van der Waals surface area contributed by atoms with Gasteiger partial charge in [-0.25, -0.2) is 4.31 Å². The van der Waals surface area contributed by atoms with Gasteiger partial charge in [-0.05, 0) is 45.4 Å². The molecule has 0 radical (unpaired) electrons. The van der Waals surface area contributed by atoms with Crippen LogP contribution in [0.25, 0.3) is 0 Å². The molecule has 0 aromatic heterocycles. The van der Waals surface area contributed by atoms with E-state index in [1.54, 1.807) is 12.1 Å². The Morgan fingerprint density at radius 3 is 2.48 bits per heavy atom. The summed E-state index contributed by atoms with van der Waals surface area (Å²) in [5.41, 5.74) is 1.51. The molecule has 7 nitrogen and oxygen atoms in total. The fourth-order valence-corrected chi connectivity index (χ4v) is 4.29. The molecule has 1 aliphatic rings. The summed E-state index contributed by atoms with van der Waals surface area (Å²) in [5.74, 6) is -0.300. The van der Waals surface area contributed by atoms with Crippen LogP contribution in [-0.4, -0.2) is 69.8 Å². The van der Waals surface area contributed by atoms with Gasteiger partial charge in [-0.15, -0.1) is 0 Å². The van der Waals surface area contributed by atoms with Gasteiger partial charge >= 0.3 is 10.2 Å². The summed E-state index contributed by atoms with van der Waals surface area (Å²) in [5, 5.41) is 2.87. The molecule has 0 bridgehead atoms. The molecule has 0 aliphatic carbocycles. The lowest BCUT2D eigenvalue weighted by Gasteiger charge is -2.33. The van der Waals surface area contributed by atoms with E-state index in [-0.39, 0.29) is 12.5 Å². The van der Waals surface area contributed by atoms with Crippen LogP contribution in [-0.2, 0) is 15.0 Å². The van der Waals surface area contributed by atoms with Gasteiger partial charge in [0.2, 0.25) is 5.91 Å². The van der Waals surface area contributed by atoms with Gasteiger partial charge in [-0.3, -0.25) is 9.69 Å². The number of nitrogens with one attached hydrogen (secondary N) is 1. The van der Waals surface area contributed by atoms with E-state index >= 15 is 0 Å². The number of anilines is 1. The highest BCUT2D eigenvalue weighted by atomic mass is 32.2. The number of amides is 1. The van der Waals surface area contributed by atoms with Crippen molar-refractivity contribution in [3.8, 4) is 0 Å². The van der Waals surface area contributed by atoms with Crippen molar-refractivity contribution in [2.45, 2.75) is 39.2 Å². The van der Waals surface area contributed by atoms with Crippen molar-refractivity contribution in [2.24, 2.45) is 0 Å². The zero-order valence-electron chi connectivity index (χ0n) is 16.8. The van der Waals surface area contributed by atoms with E-state index in [0.717, 1.165) is 27.3 Å². The Bertz CT molecular complexity index is 719. The van der Waals surface area contributed by atoms with E-state index in [1.807, 2.05) is 19.1 Å². The lowest BCUT2D eigenvalue weighted by molar-refractivity contribution is -0.119. The fourth-order valence-electron chi connectivity index (χ4n) is 3.23. The summed E-state index contributed by atoms with van der Waals surface area (Å²) in [6.07, 6.45) is 3.65. The third-order valence-corrected chi connectivity index (χ3v) is 6.83. The summed E-state index contributed by atoms with van der Waals surface area (Å²) >= 11 is 0. The molecule has 1 aromatic carbocycles. The number of aryl methyl sites for hydroxylation is 1. The number of carbonyl (C=O) groups is 1. The first-order valence-corrected chi connectivity index (χ1v) is 10.9. The lowest BCUT2D eigenvalue weighted by atomic mass is 10.0. The third kappa shape index (κ3) is 5.92. The van der Waals surface area contributed by atoms with Gasteiger partial charge in [0.05, 0.1) is 5.69 Å². The number of hydrogen-bond acceptors (Lipinski definition) is 4. The zero-order valence-corrected chi connectivity index (χ0v) is 17.6. The standard InChI is InChI=1S/C19H32N4O3S/c1-16-8-10-18(11-9-16)23(27(25,26)21(3)4)15-19(24)20-12-14-22-13-6-5-7-17(22)2/h8-11,17H,5-7,12-15H2,1-4H3,(H,20,24). The lowest BCUT2D eigenvalue weighted by Crippen LogP contribution is -2.47. The average Bonchev–Trinajstić information content (AvgIpc) is 2.62. The number of likely N-dealkylation sites (tertiary alicyclic amines) is 1. The van der Waals surface area contributed by atoms with Gasteiger partial charge in [-0.2, -0.15) is 12.7 Å². The first-order valence-electron chi connectivity index (χ1n) is 9.49. The normalized spacial score (nSPS) is 18.5. The van der Waals surface area contributed by atoms with Gasteiger partial charge in [0.15, 0.2) is 0 Å². The quantitative estimate of drug-likeness (QED) is 0.724. The number of rotatable bonds is 8. The number of benzene rings is 1. The molecular formula is C19H32N4O3S. The summed E-state index contributed by atoms with van der Waals surface area (Å²) in [4.78, 5) is 14.8. The van der Waals surface area contributed by atoms with E-state index in [2.05, 4.69) is 17.1 Å². The van der Waals surface area contributed by atoms with E-state index < -0.39 is 10.2 Å². The van der Waals surface area contributed by atoms with E-state index in [1.165, 1.54) is 33.4 Å². The summed E-state index contributed by atoms with van der Waals surface area (Å²) in [7, 11) is -0.830. The maximum absolute atomic E-state index is 12.7. The van der Waals surface area contributed by atoms with Crippen molar-refractivity contribution < 1.29 is 13.2 Å². The molecule has 1 aliphatic heterocycles. The monoisotopic (exact) mass is 396 g/mol. The van der Waals surface area contributed by atoms with Crippen LogP contribution in [0.4, 0.5) is 5.69 Å². The molecule has 1 amide bonds. The zero-order chi connectivity index (χ0) is 20.0. The van der Waals surface area contributed by atoms with Crippen LogP contribution < -0.4 is 9.62 Å². The Balaban J connectivity index is 1.99. The van der Waals surface area contributed by atoms with Crippen LogP contribution in [0.5, 0.6) is 0 Å². The van der Waals surface area contributed by atoms with Crippen molar-refractivity contribution in [3.63, 3.8) is 0 Å².